The lowest BCUT2D eigenvalue weighted by Crippen LogP contribution is -2.33. The molecule has 122 valence electrons. The summed E-state index contributed by atoms with van der Waals surface area (Å²) in [5.74, 6) is 1.37. The number of aromatic nitrogens is 2. The first-order chi connectivity index (χ1) is 11.1. The molecule has 1 atom stereocenters. The van der Waals surface area contributed by atoms with E-state index in [0.717, 1.165) is 11.5 Å². The molecule has 23 heavy (non-hydrogen) atoms. The highest BCUT2D eigenvalue weighted by Crippen LogP contribution is 2.21. The Kier molecular flexibility index (Phi) is 4.59. The van der Waals surface area contributed by atoms with E-state index < -0.39 is 6.10 Å². The molecule has 1 saturated heterocycles. The van der Waals surface area contributed by atoms with Gasteiger partial charge in [-0.15, -0.1) is 0 Å². The van der Waals surface area contributed by atoms with Crippen LogP contribution in [0.4, 0.5) is 17.5 Å². The number of benzene rings is 1. The maximum Gasteiger partial charge on any atom is 0.229 e. The van der Waals surface area contributed by atoms with Crippen molar-refractivity contribution in [2.45, 2.75) is 13.0 Å². The Labute approximate surface area is 134 Å². The highest BCUT2D eigenvalue weighted by Gasteiger charge is 2.18. The third-order valence-electron chi connectivity index (χ3n) is 3.51. The Bertz CT molecular complexity index is 680. The number of aryl methyl sites for hydroxylation is 1. The van der Waals surface area contributed by atoms with Gasteiger partial charge in [0.15, 0.2) is 0 Å². The molecule has 0 saturated carbocycles. The maximum absolute atomic E-state index is 9.87. The summed E-state index contributed by atoms with van der Waals surface area (Å²) in [6.45, 7) is 3.93. The molecule has 1 unspecified atom stereocenters. The van der Waals surface area contributed by atoms with Crippen molar-refractivity contribution in [3.05, 3.63) is 36.0 Å². The quantitative estimate of drug-likeness (QED) is 0.789. The Hall–Kier alpha value is -2.38. The molecule has 1 aliphatic rings. The average molecular weight is 316 g/mol. The third-order valence-corrected chi connectivity index (χ3v) is 3.51. The smallest absolute Gasteiger partial charge is 0.229 e. The van der Waals surface area contributed by atoms with Gasteiger partial charge in [0, 0.05) is 36.6 Å². The molecule has 0 aliphatic carbocycles. The molecule has 0 amide bonds. The zero-order valence-corrected chi connectivity index (χ0v) is 12.9. The van der Waals surface area contributed by atoms with Crippen molar-refractivity contribution in [3.8, 4) is 5.75 Å². The molecule has 1 fully saturated rings. The van der Waals surface area contributed by atoms with Gasteiger partial charge in [0.25, 0.3) is 0 Å². The fourth-order valence-corrected chi connectivity index (χ4v) is 2.48. The van der Waals surface area contributed by atoms with E-state index in [9.17, 15) is 10.2 Å². The van der Waals surface area contributed by atoms with E-state index in [2.05, 4.69) is 15.3 Å². The number of phenols is 1. The van der Waals surface area contributed by atoms with Crippen molar-refractivity contribution in [1.82, 2.24) is 9.97 Å². The molecule has 1 aliphatic heterocycles. The fourth-order valence-electron chi connectivity index (χ4n) is 2.48. The number of aliphatic hydroxyl groups excluding tert-OH is 1. The summed E-state index contributed by atoms with van der Waals surface area (Å²) in [4.78, 5) is 10.9. The first kappa shape index (κ1) is 15.5. The van der Waals surface area contributed by atoms with Gasteiger partial charge in [-0.2, -0.15) is 4.98 Å². The van der Waals surface area contributed by atoms with E-state index in [4.69, 9.17) is 4.74 Å². The average Bonchev–Trinajstić information content (AvgIpc) is 2.71. The van der Waals surface area contributed by atoms with Gasteiger partial charge in [0.2, 0.25) is 5.95 Å². The van der Waals surface area contributed by atoms with E-state index >= 15 is 0 Å². The number of hydrogen-bond acceptors (Lipinski definition) is 7. The summed E-state index contributed by atoms with van der Waals surface area (Å²) in [6.07, 6.45) is -0.532. The van der Waals surface area contributed by atoms with Gasteiger partial charge >= 0.3 is 0 Å². The van der Waals surface area contributed by atoms with Crippen molar-refractivity contribution >= 4 is 17.5 Å². The van der Waals surface area contributed by atoms with Crippen LogP contribution in [0.3, 0.4) is 0 Å². The number of aliphatic hydroxyl groups is 1. The number of aromatic hydroxyl groups is 1. The van der Waals surface area contributed by atoms with Crippen molar-refractivity contribution in [2.24, 2.45) is 0 Å². The van der Waals surface area contributed by atoms with Crippen LogP contribution in [0.2, 0.25) is 0 Å². The van der Waals surface area contributed by atoms with Gasteiger partial charge in [-0.05, 0) is 19.1 Å². The Morgan fingerprint density at radius 3 is 3.00 bits per heavy atom. The Balaban J connectivity index is 1.83. The molecule has 0 spiro atoms. The second-order valence-electron chi connectivity index (χ2n) is 5.54. The Morgan fingerprint density at radius 2 is 2.17 bits per heavy atom. The summed E-state index contributed by atoms with van der Waals surface area (Å²) >= 11 is 0. The first-order valence-electron chi connectivity index (χ1n) is 7.52. The standard InChI is InChI=1S/C16H20N4O3/c1-11-7-15(20-5-6-23-10-14(22)9-20)19-16(17-11)18-12-3-2-4-13(21)8-12/h2-4,7-8,14,21-22H,5-6,9-10H2,1H3,(H,17,18,19). The zero-order chi connectivity index (χ0) is 16.2. The second kappa shape index (κ2) is 6.80. The molecular weight excluding hydrogens is 296 g/mol. The van der Waals surface area contributed by atoms with E-state index in [1.807, 2.05) is 24.0 Å². The predicted molar refractivity (Wildman–Crippen MR) is 87.2 cm³/mol. The lowest BCUT2D eigenvalue weighted by Gasteiger charge is -2.23. The molecule has 3 N–H and O–H groups in total. The van der Waals surface area contributed by atoms with Crippen LogP contribution in [-0.2, 0) is 4.74 Å². The topological polar surface area (TPSA) is 90.7 Å². The van der Waals surface area contributed by atoms with E-state index in [0.29, 0.717) is 37.9 Å². The minimum atomic E-state index is -0.532. The summed E-state index contributed by atoms with van der Waals surface area (Å²) in [5.41, 5.74) is 1.53. The van der Waals surface area contributed by atoms with Crippen LogP contribution in [0.25, 0.3) is 0 Å². The van der Waals surface area contributed by atoms with Crippen LogP contribution in [0.15, 0.2) is 30.3 Å². The molecule has 0 radical (unpaired) electrons. The van der Waals surface area contributed by atoms with Crippen LogP contribution in [0, 0.1) is 6.92 Å². The van der Waals surface area contributed by atoms with Crippen molar-refractivity contribution in [1.29, 1.82) is 0 Å². The first-order valence-corrected chi connectivity index (χ1v) is 7.52. The van der Waals surface area contributed by atoms with Gasteiger partial charge < -0.3 is 25.2 Å². The molecule has 2 heterocycles. The molecule has 0 bridgehead atoms. The van der Waals surface area contributed by atoms with Crippen molar-refractivity contribution in [2.75, 3.05) is 36.5 Å². The van der Waals surface area contributed by atoms with Gasteiger partial charge in [-0.25, -0.2) is 4.98 Å². The maximum atomic E-state index is 9.87. The van der Waals surface area contributed by atoms with E-state index in [1.54, 1.807) is 18.2 Å². The molecule has 3 rings (SSSR count). The number of nitrogens with zero attached hydrogens (tertiary/aromatic N) is 3. The molecule has 7 heteroatoms. The number of ether oxygens (including phenoxy) is 1. The number of nitrogens with one attached hydrogen (secondary N) is 1. The van der Waals surface area contributed by atoms with Crippen LogP contribution in [0.1, 0.15) is 5.69 Å². The van der Waals surface area contributed by atoms with Gasteiger partial charge in [-0.3, -0.25) is 0 Å². The third kappa shape index (κ3) is 4.08. The van der Waals surface area contributed by atoms with Crippen molar-refractivity contribution in [3.63, 3.8) is 0 Å². The molecule has 1 aromatic heterocycles. The minimum Gasteiger partial charge on any atom is -0.508 e. The van der Waals surface area contributed by atoms with Gasteiger partial charge in [0.05, 0.1) is 19.3 Å². The molecule has 7 nitrogen and oxygen atoms in total. The largest absolute Gasteiger partial charge is 0.508 e. The van der Waals surface area contributed by atoms with Crippen LogP contribution in [0.5, 0.6) is 5.75 Å². The number of anilines is 3. The summed E-state index contributed by atoms with van der Waals surface area (Å²) in [6, 6.07) is 8.67. The lowest BCUT2D eigenvalue weighted by molar-refractivity contribution is 0.0597. The van der Waals surface area contributed by atoms with Crippen LogP contribution in [-0.4, -0.2) is 52.6 Å². The minimum absolute atomic E-state index is 0.177. The second-order valence-corrected chi connectivity index (χ2v) is 5.54. The lowest BCUT2D eigenvalue weighted by atomic mass is 10.3. The molecular formula is C16H20N4O3. The monoisotopic (exact) mass is 316 g/mol. The number of rotatable bonds is 3. The predicted octanol–water partition coefficient (Wildman–Crippen LogP) is 1.43. The Morgan fingerprint density at radius 1 is 1.30 bits per heavy atom. The number of hydrogen-bond donors (Lipinski definition) is 3. The van der Waals surface area contributed by atoms with Crippen LogP contribution >= 0.6 is 0 Å². The summed E-state index contributed by atoms with van der Waals surface area (Å²) in [5, 5.41) is 22.5. The molecule has 2 aromatic rings. The van der Waals surface area contributed by atoms with Gasteiger partial charge in [-0.1, -0.05) is 6.07 Å². The van der Waals surface area contributed by atoms with E-state index in [-0.39, 0.29) is 5.75 Å². The van der Waals surface area contributed by atoms with Crippen LogP contribution < -0.4 is 10.2 Å². The summed E-state index contributed by atoms with van der Waals surface area (Å²) < 4.78 is 5.35. The summed E-state index contributed by atoms with van der Waals surface area (Å²) in [7, 11) is 0. The van der Waals surface area contributed by atoms with E-state index in [1.165, 1.54) is 0 Å². The molecule has 1 aromatic carbocycles. The fraction of sp³-hybridized carbons (Fsp3) is 0.375. The van der Waals surface area contributed by atoms with Gasteiger partial charge in [0.1, 0.15) is 11.6 Å². The normalized spacial score (nSPS) is 18.5. The highest BCUT2D eigenvalue weighted by atomic mass is 16.5. The SMILES string of the molecule is Cc1cc(N2CCOCC(O)C2)nc(Nc2cccc(O)c2)n1. The highest BCUT2D eigenvalue weighted by molar-refractivity contribution is 5.57. The van der Waals surface area contributed by atoms with Crippen molar-refractivity contribution < 1.29 is 14.9 Å². The zero-order valence-electron chi connectivity index (χ0n) is 12.9. The number of phenolic OH excluding ortho intramolecular Hbond substituents is 1. The number of β-amino-alcohol motifs (C(OH)–C–C–N with tert-alkyl or cyclic N) is 1.